The molecule has 21 heavy (non-hydrogen) atoms. The standard InChI is InChI=1S/C14H19F2N3OS/c1-18-2-4-19(5-3-18)21-17-14(10-20)8-11-6-12(15)9-13(16)7-11/h6-7,9-10,14,17H,2-5,8H2,1H3. The van der Waals surface area contributed by atoms with Crippen LogP contribution >= 0.6 is 12.1 Å². The molecule has 1 aromatic carbocycles. The maximum atomic E-state index is 13.1. The third-order valence-corrected chi connectivity index (χ3v) is 4.37. The van der Waals surface area contributed by atoms with Crippen LogP contribution in [0.5, 0.6) is 0 Å². The second kappa shape index (κ2) is 7.84. The first-order valence-electron chi connectivity index (χ1n) is 6.83. The molecular formula is C14H19F2N3OS. The van der Waals surface area contributed by atoms with E-state index in [0.717, 1.165) is 38.5 Å². The van der Waals surface area contributed by atoms with E-state index in [1.54, 1.807) is 0 Å². The van der Waals surface area contributed by atoms with Crippen molar-refractivity contribution >= 4 is 18.4 Å². The van der Waals surface area contributed by atoms with Gasteiger partial charge in [-0.1, -0.05) is 0 Å². The van der Waals surface area contributed by atoms with Crippen LogP contribution in [0.1, 0.15) is 5.56 Å². The molecule has 0 aliphatic carbocycles. The SMILES string of the molecule is CN1CCN(SNC(C=O)Cc2cc(F)cc(F)c2)CC1. The van der Waals surface area contributed by atoms with Gasteiger partial charge in [0.25, 0.3) is 0 Å². The second-order valence-corrected chi connectivity index (χ2v) is 6.10. The minimum absolute atomic E-state index is 0.263. The lowest BCUT2D eigenvalue weighted by Gasteiger charge is -2.31. The Morgan fingerprint density at radius 1 is 1.24 bits per heavy atom. The van der Waals surface area contributed by atoms with Gasteiger partial charge in [0, 0.05) is 44.4 Å². The summed E-state index contributed by atoms with van der Waals surface area (Å²) in [6, 6.07) is 2.85. The number of benzene rings is 1. The van der Waals surface area contributed by atoms with Crippen molar-refractivity contribution in [3.8, 4) is 0 Å². The Morgan fingerprint density at radius 2 is 1.86 bits per heavy atom. The lowest BCUT2D eigenvalue weighted by molar-refractivity contribution is -0.109. The molecule has 0 saturated carbocycles. The maximum Gasteiger partial charge on any atom is 0.138 e. The lowest BCUT2D eigenvalue weighted by atomic mass is 10.1. The first-order valence-corrected chi connectivity index (χ1v) is 7.60. The molecule has 0 bridgehead atoms. The fraction of sp³-hybridized carbons (Fsp3) is 0.500. The van der Waals surface area contributed by atoms with Crippen LogP contribution in [0.4, 0.5) is 8.78 Å². The number of piperazine rings is 1. The Labute approximate surface area is 127 Å². The van der Waals surface area contributed by atoms with Crippen LogP contribution in [-0.4, -0.2) is 54.8 Å². The molecule has 1 aliphatic heterocycles. The molecule has 116 valence electrons. The van der Waals surface area contributed by atoms with Gasteiger partial charge in [-0.2, -0.15) is 0 Å². The van der Waals surface area contributed by atoms with E-state index in [9.17, 15) is 13.6 Å². The number of hydrogen-bond acceptors (Lipinski definition) is 5. The van der Waals surface area contributed by atoms with Crippen molar-refractivity contribution in [3.63, 3.8) is 0 Å². The van der Waals surface area contributed by atoms with Crippen LogP contribution in [0.3, 0.4) is 0 Å². The van der Waals surface area contributed by atoms with Gasteiger partial charge in [-0.3, -0.25) is 0 Å². The first kappa shape index (κ1) is 16.4. The Morgan fingerprint density at radius 3 is 2.43 bits per heavy atom. The van der Waals surface area contributed by atoms with Crippen molar-refractivity contribution < 1.29 is 13.6 Å². The highest BCUT2D eigenvalue weighted by Gasteiger charge is 2.16. The normalized spacial score (nSPS) is 18.6. The summed E-state index contributed by atoms with van der Waals surface area (Å²) in [7, 11) is 2.07. The number of rotatable bonds is 6. The molecule has 1 saturated heterocycles. The van der Waals surface area contributed by atoms with Gasteiger partial charge in [0.05, 0.1) is 6.04 Å². The van der Waals surface area contributed by atoms with E-state index in [1.165, 1.54) is 24.3 Å². The highest BCUT2D eigenvalue weighted by molar-refractivity contribution is 7.95. The summed E-state index contributed by atoms with van der Waals surface area (Å²) in [5.74, 6) is -1.25. The van der Waals surface area contributed by atoms with Crippen LogP contribution in [0.2, 0.25) is 0 Å². The van der Waals surface area contributed by atoms with Crippen LogP contribution in [0, 0.1) is 11.6 Å². The summed E-state index contributed by atoms with van der Waals surface area (Å²) in [6.45, 7) is 3.79. The molecule has 2 rings (SSSR count). The van der Waals surface area contributed by atoms with E-state index in [4.69, 9.17) is 0 Å². The molecule has 1 N–H and O–H groups in total. The van der Waals surface area contributed by atoms with Gasteiger partial charge >= 0.3 is 0 Å². The van der Waals surface area contributed by atoms with Crippen molar-refractivity contribution in [2.75, 3.05) is 33.2 Å². The first-order chi connectivity index (χ1) is 10.1. The monoisotopic (exact) mass is 315 g/mol. The number of nitrogens with one attached hydrogen (secondary N) is 1. The summed E-state index contributed by atoms with van der Waals surface area (Å²) >= 11 is 1.40. The van der Waals surface area contributed by atoms with E-state index < -0.39 is 17.7 Å². The number of hydrogen-bond donors (Lipinski definition) is 1. The molecule has 1 aromatic rings. The molecule has 0 spiro atoms. The third-order valence-electron chi connectivity index (χ3n) is 3.34. The van der Waals surface area contributed by atoms with E-state index >= 15 is 0 Å². The van der Waals surface area contributed by atoms with Crippen LogP contribution in [0.15, 0.2) is 18.2 Å². The zero-order chi connectivity index (χ0) is 15.2. The highest BCUT2D eigenvalue weighted by atomic mass is 32.2. The fourth-order valence-electron chi connectivity index (χ4n) is 2.12. The Hall–Kier alpha value is -1.02. The van der Waals surface area contributed by atoms with E-state index in [-0.39, 0.29) is 6.42 Å². The van der Waals surface area contributed by atoms with Crippen LogP contribution < -0.4 is 4.72 Å². The minimum atomic E-state index is -0.624. The van der Waals surface area contributed by atoms with Crippen LogP contribution in [0.25, 0.3) is 0 Å². The summed E-state index contributed by atoms with van der Waals surface area (Å²) in [5.41, 5.74) is 0.469. The topological polar surface area (TPSA) is 35.6 Å². The van der Waals surface area contributed by atoms with Gasteiger partial charge in [-0.05, 0) is 31.2 Å². The van der Waals surface area contributed by atoms with E-state index in [1.807, 2.05) is 0 Å². The van der Waals surface area contributed by atoms with Gasteiger partial charge in [0.15, 0.2) is 0 Å². The lowest BCUT2D eigenvalue weighted by Crippen LogP contribution is -2.43. The summed E-state index contributed by atoms with van der Waals surface area (Å²) in [5, 5.41) is 0. The Bertz CT molecular complexity index is 461. The molecule has 1 aliphatic rings. The Balaban J connectivity index is 1.84. The summed E-state index contributed by atoms with van der Waals surface area (Å²) in [4.78, 5) is 13.4. The molecule has 1 unspecified atom stereocenters. The molecule has 7 heteroatoms. The molecule has 0 radical (unpaired) electrons. The summed E-state index contributed by atoms with van der Waals surface area (Å²) < 4.78 is 31.5. The number of carbonyl (C=O) groups is 1. The largest absolute Gasteiger partial charge is 0.304 e. The quantitative estimate of drug-likeness (QED) is 0.635. The average molecular weight is 315 g/mol. The average Bonchev–Trinajstić information content (AvgIpc) is 2.44. The van der Waals surface area contributed by atoms with Crippen molar-refractivity contribution in [2.24, 2.45) is 0 Å². The maximum absolute atomic E-state index is 13.1. The minimum Gasteiger partial charge on any atom is -0.304 e. The highest BCUT2D eigenvalue weighted by Crippen LogP contribution is 2.13. The van der Waals surface area contributed by atoms with Crippen molar-refractivity contribution in [2.45, 2.75) is 12.5 Å². The van der Waals surface area contributed by atoms with Gasteiger partial charge in [0.2, 0.25) is 0 Å². The smallest absolute Gasteiger partial charge is 0.138 e. The van der Waals surface area contributed by atoms with Gasteiger partial charge < -0.3 is 9.69 Å². The van der Waals surface area contributed by atoms with Crippen LogP contribution in [-0.2, 0) is 11.2 Å². The number of likely N-dealkylation sites (N-methyl/N-ethyl adjacent to an activating group) is 1. The zero-order valence-corrected chi connectivity index (χ0v) is 12.7. The number of carbonyl (C=O) groups excluding carboxylic acids is 1. The fourth-order valence-corrected chi connectivity index (χ4v) is 2.89. The second-order valence-electron chi connectivity index (χ2n) is 5.17. The molecule has 1 heterocycles. The predicted octanol–water partition coefficient (Wildman–Crippen LogP) is 1.47. The molecule has 4 nitrogen and oxygen atoms in total. The van der Waals surface area contributed by atoms with Crippen molar-refractivity contribution in [1.29, 1.82) is 0 Å². The Kier molecular flexibility index (Phi) is 6.10. The predicted molar refractivity (Wildman–Crippen MR) is 79.7 cm³/mol. The van der Waals surface area contributed by atoms with E-state index in [0.29, 0.717) is 5.56 Å². The molecule has 0 amide bonds. The van der Waals surface area contributed by atoms with Gasteiger partial charge in [0.1, 0.15) is 17.9 Å². The van der Waals surface area contributed by atoms with Gasteiger partial charge in [-0.15, -0.1) is 0 Å². The number of halogens is 2. The van der Waals surface area contributed by atoms with Crippen molar-refractivity contribution in [3.05, 3.63) is 35.4 Å². The number of aldehydes is 1. The van der Waals surface area contributed by atoms with Crippen molar-refractivity contribution in [1.82, 2.24) is 13.9 Å². The zero-order valence-electron chi connectivity index (χ0n) is 11.9. The molecule has 1 atom stereocenters. The molecule has 0 aromatic heterocycles. The van der Waals surface area contributed by atoms with Gasteiger partial charge in [-0.25, -0.2) is 17.8 Å². The van der Waals surface area contributed by atoms with E-state index in [2.05, 4.69) is 21.0 Å². The third kappa shape index (κ3) is 5.35. The molecule has 1 fully saturated rings. The summed E-state index contributed by atoms with van der Waals surface area (Å²) in [6.07, 6.45) is 1.03. The molecular weight excluding hydrogens is 296 g/mol. The number of nitrogens with zero attached hydrogens (tertiary/aromatic N) is 2.